The van der Waals surface area contributed by atoms with Crippen molar-refractivity contribution in [2.75, 3.05) is 0 Å². The number of allylic oxidation sites excluding steroid dienone is 3. The molecule has 0 atom stereocenters. The third kappa shape index (κ3) is 3.43. The van der Waals surface area contributed by atoms with Crippen molar-refractivity contribution in [1.29, 1.82) is 0 Å². The molecular weight excluding hydrogens is 185 g/mol. The lowest BCUT2D eigenvalue weighted by Gasteiger charge is -2.03. The van der Waals surface area contributed by atoms with Gasteiger partial charge in [-0.3, -0.25) is 0 Å². The lowest BCUT2D eigenvalue weighted by molar-refractivity contribution is -0.132. The van der Waals surface area contributed by atoms with Crippen LogP contribution in [0.3, 0.4) is 0 Å². The third-order valence-electron chi connectivity index (χ3n) is 1.62. The van der Waals surface area contributed by atoms with Crippen molar-refractivity contribution in [3.05, 3.63) is 35.3 Å². The molecule has 0 amide bonds. The van der Waals surface area contributed by atoms with Crippen molar-refractivity contribution in [3.8, 4) is 0 Å². The highest BCUT2D eigenvalue weighted by Crippen LogP contribution is 2.19. The Balaban J connectivity index is 5.15. The zero-order chi connectivity index (χ0) is 11.3. The van der Waals surface area contributed by atoms with Crippen LogP contribution in [-0.2, 0) is 4.79 Å². The standard InChI is InChI=1S/C10H14FNO2/c1-4-8(10(13)14)9(11)6(2)5-7(3)12/h5H,3-4,12H2,1-2H3,(H,13,14)/b6-5-,9-8-. The smallest absolute Gasteiger partial charge is 0.334 e. The summed E-state index contributed by atoms with van der Waals surface area (Å²) >= 11 is 0. The Morgan fingerprint density at radius 1 is 1.64 bits per heavy atom. The molecular formula is C10H14FNO2. The van der Waals surface area contributed by atoms with Crippen molar-refractivity contribution >= 4 is 5.97 Å². The topological polar surface area (TPSA) is 63.3 Å². The van der Waals surface area contributed by atoms with E-state index in [4.69, 9.17) is 10.8 Å². The van der Waals surface area contributed by atoms with Gasteiger partial charge in [0.1, 0.15) is 5.83 Å². The number of halogens is 1. The number of rotatable bonds is 4. The second kappa shape index (κ2) is 5.21. The summed E-state index contributed by atoms with van der Waals surface area (Å²) in [5.74, 6) is -1.99. The minimum Gasteiger partial charge on any atom is -0.478 e. The quantitative estimate of drug-likeness (QED) is 0.538. The first-order valence-electron chi connectivity index (χ1n) is 4.15. The van der Waals surface area contributed by atoms with Gasteiger partial charge >= 0.3 is 5.97 Å². The molecule has 78 valence electrons. The maximum absolute atomic E-state index is 13.4. The van der Waals surface area contributed by atoms with Crippen LogP contribution in [0.15, 0.2) is 35.3 Å². The van der Waals surface area contributed by atoms with Crippen molar-refractivity contribution < 1.29 is 14.3 Å². The summed E-state index contributed by atoms with van der Waals surface area (Å²) in [4.78, 5) is 10.6. The Bertz CT molecular complexity index is 316. The lowest BCUT2D eigenvalue weighted by Crippen LogP contribution is -2.03. The summed E-state index contributed by atoms with van der Waals surface area (Å²) in [6.45, 7) is 6.40. The molecule has 0 unspecified atom stereocenters. The normalized spacial score (nSPS) is 13.5. The fraction of sp³-hybridized carbons (Fsp3) is 0.300. The highest BCUT2D eigenvalue weighted by Gasteiger charge is 2.13. The summed E-state index contributed by atoms with van der Waals surface area (Å²) in [7, 11) is 0. The molecule has 14 heavy (non-hydrogen) atoms. The maximum Gasteiger partial charge on any atom is 0.334 e. The highest BCUT2D eigenvalue weighted by atomic mass is 19.1. The number of aliphatic carboxylic acids is 1. The van der Waals surface area contributed by atoms with Crippen LogP contribution in [0.2, 0.25) is 0 Å². The van der Waals surface area contributed by atoms with Gasteiger partial charge in [0.05, 0.1) is 5.57 Å². The van der Waals surface area contributed by atoms with E-state index in [1.54, 1.807) is 6.92 Å². The van der Waals surface area contributed by atoms with Gasteiger partial charge in [0.25, 0.3) is 0 Å². The number of carboxylic acid groups (broad SMARTS) is 1. The van der Waals surface area contributed by atoms with Crippen LogP contribution in [0.5, 0.6) is 0 Å². The Morgan fingerprint density at radius 3 is 2.43 bits per heavy atom. The molecule has 4 heteroatoms. The lowest BCUT2D eigenvalue weighted by atomic mass is 10.1. The fourth-order valence-corrected chi connectivity index (χ4v) is 0.980. The molecule has 0 saturated heterocycles. The summed E-state index contributed by atoms with van der Waals surface area (Å²) in [6.07, 6.45) is 1.43. The Hall–Kier alpha value is -1.58. The van der Waals surface area contributed by atoms with Gasteiger partial charge in [0, 0.05) is 5.70 Å². The van der Waals surface area contributed by atoms with Crippen LogP contribution in [-0.4, -0.2) is 11.1 Å². The molecule has 0 aromatic heterocycles. The van der Waals surface area contributed by atoms with Crippen LogP contribution in [0.25, 0.3) is 0 Å². The van der Waals surface area contributed by atoms with Crippen LogP contribution in [0.4, 0.5) is 4.39 Å². The minimum absolute atomic E-state index is 0.128. The number of carboxylic acids is 1. The van der Waals surface area contributed by atoms with E-state index in [1.165, 1.54) is 13.0 Å². The van der Waals surface area contributed by atoms with E-state index in [0.717, 1.165) is 0 Å². The van der Waals surface area contributed by atoms with E-state index in [-0.39, 0.29) is 23.3 Å². The molecule has 0 bridgehead atoms. The van der Waals surface area contributed by atoms with Crippen LogP contribution in [0.1, 0.15) is 20.3 Å². The van der Waals surface area contributed by atoms with E-state index in [0.29, 0.717) is 0 Å². The second-order valence-corrected chi connectivity index (χ2v) is 2.85. The van der Waals surface area contributed by atoms with Crippen LogP contribution in [0, 0.1) is 0 Å². The molecule has 0 aliphatic heterocycles. The number of nitrogens with two attached hydrogens (primary N) is 1. The molecule has 0 aliphatic rings. The highest BCUT2D eigenvalue weighted by molar-refractivity contribution is 5.87. The average Bonchev–Trinajstić information content (AvgIpc) is 2.03. The average molecular weight is 199 g/mol. The Morgan fingerprint density at radius 2 is 2.14 bits per heavy atom. The molecule has 0 spiro atoms. The summed E-state index contributed by atoms with van der Waals surface area (Å²) in [6, 6.07) is 0. The predicted molar refractivity (Wildman–Crippen MR) is 53.1 cm³/mol. The first-order chi connectivity index (χ1) is 6.40. The summed E-state index contributed by atoms with van der Waals surface area (Å²) in [5.41, 5.74) is 5.36. The van der Waals surface area contributed by atoms with Gasteiger partial charge in [-0.15, -0.1) is 0 Å². The molecule has 0 radical (unpaired) electrons. The Kier molecular flexibility index (Phi) is 4.63. The molecule has 0 fully saturated rings. The van der Waals surface area contributed by atoms with E-state index in [9.17, 15) is 9.18 Å². The molecule has 0 aromatic rings. The monoisotopic (exact) mass is 199 g/mol. The predicted octanol–water partition coefficient (Wildman–Crippen LogP) is 2.12. The van der Waals surface area contributed by atoms with Gasteiger partial charge in [0.2, 0.25) is 0 Å². The zero-order valence-electron chi connectivity index (χ0n) is 8.30. The van der Waals surface area contributed by atoms with E-state index in [1.807, 2.05) is 0 Å². The van der Waals surface area contributed by atoms with Crippen LogP contribution < -0.4 is 5.73 Å². The van der Waals surface area contributed by atoms with Gasteiger partial charge in [-0.05, 0) is 25.0 Å². The van der Waals surface area contributed by atoms with E-state index < -0.39 is 11.8 Å². The minimum atomic E-state index is -1.25. The van der Waals surface area contributed by atoms with Crippen LogP contribution >= 0.6 is 0 Å². The second-order valence-electron chi connectivity index (χ2n) is 2.85. The van der Waals surface area contributed by atoms with Gasteiger partial charge in [-0.1, -0.05) is 13.5 Å². The summed E-state index contributed by atoms with van der Waals surface area (Å²) < 4.78 is 13.4. The van der Waals surface area contributed by atoms with Crippen molar-refractivity contribution in [2.24, 2.45) is 5.73 Å². The number of carbonyl (C=O) groups is 1. The third-order valence-corrected chi connectivity index (χ3v) is 1.62. The molecule has 0 saturated carbocycles. The number of hydrogen-bond donors (Lipinski definition) is 2. The summed E-state index contributed by atoms with van der Waals surface area (Å²) in [5, 5.41) is 8.65. The first kappa shape index (κ1) is 12.4. The van der Waals surface area contributed by atoms with Crippen molar-refractivity contribution in [1.82, 2.24) is 0 Å². The Labute approximate surface area is 82.4 Å². The molecule has 0 heterocycles. The molecule has 0 rings (SSSR count). The fourth-order valence-electron chi connectivity index (χ4n) is 0.980. The molecule has 3 nitrogen and oxygen atoms in total. The van der Waals surface area contributed by atoms with Gasteiger partial charge < -0.3 is 10.8 Å². The van der Waals surface area contributed by atoms with Crippen molar-refractivity contribution in [3.63, 3.8) is 0 Å². The zero-order valence-corrected chi connectivity index (χ0v) is 8.30. The molecule has 0 aliphatic carbocycles. The first-order valence-corrected chi connectivity index (χ1v) is 4.15. The van der Waals surface area contributed by atoms with E-state index >= 15 is 0 Å². The largest absolute Gasteiger partial charge is 0.478 e. The molecule has 3 N–H and O–H groups in total. The van der Waals surface area contributed by atoms with E-state index in [2.05, 4.69) is 6.58 Å². The van der Waals surface area contributed by atoms with Gasteiger partial charge in [-0.2, -0.15) is 0 Å². The maximum atomic E-state index is 13.4. The van der Waals surface area contributed by atoms with Gasteiger partial charge in [0.15, 0.2) is 0 Å². The van der Waals surface area contributed by atoms with Gasteiger partial charge in [-0.25, -0.2) is 9.18 Å². The SMILES string of the molecule is C=C(N)/C=C(C)\C(F)=C(/CC)C(=O)O. The number of hydrogen-bond acceptors (Lipinski definition) is 2. The van der Waals surface area contributed by atoms with Crippen molar-refractivity contribution in [2.45, 2.75) is 20.3 Å². The molecule has 0 aromatic carbocycles.